The zero-order valence-corrected chi connectivity index (χ0v) is 13.1. The summed E-state index contributed by atoms with van der Waals surface area (Å²) in [6.07, 6.45) is 0.865. The number of furan rings is 1. The molecule has 0 saturated heterocycles. The highest BCUT2D eigenvalue weighted by atomic mass is 32.1. The maximum atomic E-state index is 9.98. The number of rotatable bonds is 6. The second-order valence-electron chi connectivity index (χ2n) is 4.62. The van der Waals surface area contributed by atoms with Crippen molar-refractivity contribution in [3.63, 3.8) is 0 Å². The molecule has 0 spiro atoms. The maximum Gasteiger partial charge on any atom is 0.191 e. The van der Waals surface area contributed by atoms with Crippen molar-refractivity contribution in [2.24, 2.45) is 4.99 Å². The zero-order valence-electron chi connectivity index (χ0n) is 12.3. The van der Waals surface area contributed by atoms with Crippen LogP contribution >= 0.6 is 11.3 Å². The average Bonchev–Trinajstić information content (AvgIpc) is 3.13. The number of aliphatic imine (C=N–C) groups is 1. The molecular weight excluding hydrogens is 286 g/mol. The topological polar surface area (TPSA) is 69.8 Å². The molecule has 1 atom stereocenters. The van der Waals surface area contributed by atoms with Gasteiger partial charge in [-0.05, 0) is 38.1 Å². The molecule has 0 radical (unpaired) electrons. The molecule has 0 aromatic carbocycles. The summed E-state index contributed by atoms with van der Waals surface area (Å²) in [6.45, 7) is 5.84. The lowest BCUT2D eigenvalue weighted by molar-refractivity contribution is 0.153. The minimum atomic E-state index is -0.687. The fraction of sp³-hybridized carbons (Fsp3) is 0.400. The average molecular weight is 307 g/mol. The van der Waals surface area contributed by atoms with Crippen molar-refractivity contribution in [1.29, 1.82) is 0 Å². The van der Waals surface area contributed by atoms with Gasteiger partial charge in [0.05, 0.1) is 19.4 Å². The Labute approximate surface area is 128 Å². The van der Waals surface area contributed by atoms with Crippen LogP contribution in [-0.2, 0) is 6.54 Å². The van der Waals surface area contributed by atoms with Crippen LogP contribution in [-0.4, -0.2) is 24.2 Å². The van der Waals surface area contributed by atoms with Crippen molar-refractivity contribution >= 4 is 17.3 Å². The number of hydrogen-bond acceptors (Lipinski definition) is 4. The van der Waals surface area contributed by atoms with Crippen molar-refractivity contribution < 1.29 is 9.52 Å². The van der Waals surface area contributed by atoms with E-state index in [2.05, 4.69) is 34.7 Å². The molecule has 0 aliphatic heterocycles. The van der Waals surface area contributed by atoms with Gasteiger partial charge in [-0.2, -0.15) is 0 Å². The van der Waals surface area contributed by atoms with Crippen molar-refractivity contribution in [3.8, 4) is 0 Å². The fourth-order valence-corrected chi connectivity index (χ4v) is 2.66. The van der Waals surface area contributed by atoms with Crippen molar-refractivity contribution in [2.75, 3.05) is 13.1 Å². The van der Waals surface area contributed by atoms with Gasteiger partial charge in [0.15, 0.2) is 5.96 Å². The molecule has 5 nitrogen and oxygen atoms in total. The lowest BCUT2D eigenvalue weighted by Gasteiger charge is -2.13. The Bertz CT molecular complexity index is 563. The standard InChI is InChI=1S/C15H21N3O2S/c1-3-16-15(17-9-12-7-6-11(2)21-12)18-10-13(19)14-5-4-8-20-14/h4-8,13,19H,3,9-10H2,1-2H3,(H2,16,17,18). The minimum Gasteiger partial charge on any atom is -0.467 e. The summed E-state index contributed by atoms with van der Waals surface area (Å²) in [5.74, 6) is 1.24. The van der Waals surface area contributed by atoms with Gasteiger partial charge in [-0.15, -0.1) is 11.3 Å². The van der Waals surface area contributed by atoms with Crippen LogP contribution in [0.5, 0.6) is 0 Å². The van der Waals surface area contributed by atoms with Gasteiger partial charge in [-0.25, -0.2) is 4.99 Å². The first kappa shape index (κ1) is 15.6. The van der Waals surface area contributed by atoms with Crippen molar-refractivity contribution in [2.45, 2.75) is 26.5 Å². The first-order valence-electron chi connectivity index (χ1n) is 6.98. The molecule has 3 N–H and O–H groups in total. The molecule has 0 amide bonds. The summed E-state index contributed by atoms with van der Waals surface area (Å²) in [6, 6.07) is 7.70. The van der Waals surface area contributed by atoms with E-state index in [1.807, 2.05) is 6.92 Å². The fourth-order valence-electron chi connectivity index (χ4n) is 1.84. The molecule has 0 aliphatic carbocycles. The van der Waals surface area contributed by atoms with Gasteiger partial charge in [0.25, 0.3) is 0 Å². The Kier molecular flexibility index (Phi) is 5.83. The molecule has 114 valence electrons. The lowest BCUT2D eigenvalue weighted by atomic mass is 10.3. The van der Waals surface area contributed by atoms with E-state index in [0.29, 0.717) is 24.8 Å². The molecule has 2 rings (SSSR count). The molecule has 0 saturated carbocycles. The Morgan fingerprint density at radius 2 is 2.24 bits per heavy atom. The predicted molar refractivity (Wildman–Crippen MR) is 85.5 cm³/mol. The summed E-state index contributed by atoms with van der Waals surface area (Å²) < 4.78 is 5.17. The van der Waals surface area contributed by atoms with Crippen LogP contribution < -0.4 is 10.6 Å². The van der Waals surface area contributed by atoms with Gasteiger partial charge >= 0.3 is 0 Å². The Morgan fingerprint density at radius 3 is 2.86 bits per heavy atom. The molecule has 2 aromatic heterocycles. The van der Waals surface area contributed by atoms with Crippen molar-refractivity contribution in [3.05, 3.63) is 46.0 Å². The molecule has 0 fully saturated rings. The van der Waals surface area contributed by atoms with E-state index in [-0.39, 0.29) is 0 Å². The monoisotopic (exact) mass is 307 g/mol. The highest BCUT2D eigenvalue weighted by Gasteiger charge is 2.10. The summed E-state index contributed by atoms with van der Waals surface area (Å²) in [4.78, 5) is 7.02. The lowest BCUT2D eigenvalue weighted by Crippen LogP contribution is -2.39. The number of aliphatic hydroxyl groups is 1. The van der Waals surface area contributed by atoms with E-state index in [1.54, 1.807) is 29.7 Å². The van der Waals surface area contributed by atoms with Crippen LogP contribution in [0, 0.1) is 6.92 Å². The highest BCUT2D eigenvalue weighted by molar-refractivity contribution is 7.11. The highest BCUT2D eigenvalue weighted by Crippen LogP contribution is 2.15. The molecule has 2 aromatic rings. The largest absolute Gasteiger partial charge is 0.467 e. The molecule has 21 heavy (non-hydrogen) atoms. The van der Waals surface area contributed by atoms with Crippen LogP contribution in [0.2, 0.25) is 0 Å². The van der Waals surface area contributed by atoms with Crippen LogP contribution in [0.1, 0.15) is 28.5 Å². The van der Waals surface area contributed by atoms with Gasteiger partial charge < -0.3 is 20.2 Å². The van der Waals surface area contributed by atoms with Crippen LogP contribution in [0.25, 0.3) is 0 Å². The third-order valence-corrected chi connectivity index (χ3v) is 3.85. The van der Waals surface area contributed by atoms with E-state index in [1.165, 1.54) is 9.75 Å². The molecule has 2 heterocycles. The third-order valence-electron chi connectivity index (χ3n) is 2.87. The number of aliphatic hydroxyl groups excluding tert-OH is 1. The quantitative estimate of drug-likeness (QED) is 0.566. The molecular formula is C15H21N3O2S. The normalized spacial score (nSPS) is 13.2. The summed E-state index contributed by atoms with van der Waals surface area (Å²) >= 11 is 1.74. The number of aryl methyl sites for hydroxylation is 1. The van der Waals surface area contributed by atoms with Crippen LogP contribution in [0.4, 0.5) is 0 Å². The zero-order chi connectivity index (χ0) is 15.1. The van der Waals surface area contributed by atoms with Gasteiger partial charge in [0, 0.05) is 16.3 Å². The SMILES string of the molecule is CCNC(=NCc1ccc(C)s1)NCC(O)c1ccco1. The molecule has 1 unspecified atom stereocenters. The van der Waals surface area contributed by atoms with Gasteiger partial charge in [-0.3, -0.25) is 0 Å². The van der Waals surface area contributed by atoms with Gasteiger partial charge in [0.1, 0.15) is 11.9 Å². The Balaban J connectivity index is 1.89. The number of guanidine groups is 1. The summed E-state index contributed by atoms with van der Waals surface area (Å²) in [5.41, 5.74) is 0. The predicted octanol–water partition coefficient (Wildman–Crippen LogP) is 2.44. The minimum absolute atomic E-state index is 0.350. The summed E-state index contributed by atoms with van der Waals surface area (Å²) in [5, 5.41) is 16.3. The van der Waals surface area contributed by atoms with E-state index in [4.69, 9.17) is 4.42 Å². The molecule has 0 bridgehead atoms. The number of thiophene rings is 1. The van der Waals surface area contributed by atoms with Crippen molar-refractivity contribution in [1.82, 2.24) is 10.6 Å². The first-order chi connectivity index (χ1) is 10.2. The second kappa shape index (κ2) is 7.85. The Morgan fingerprint density at radius 1 is 1.38 bits per heavy atom. The van der Waals surface area contributed by atoms with E-state index in [9.17, 15) is 5.11 Å². The molecule has 0 aliphatic rings. The first-order valence-corrected chi connectivity index (χ1v) is 7.79. The van der Waals surface area contributed by atoms with E-state index >= 15 is 0 Å². The maximum absolute atomic E-state index is 9.98. The van der Waals surface area contributed by atoms with E-state index in [0.717, 1.165) is 6.54 Å². The number of nitrogens with zero attached hydrogens (tertiary/aromatic N) is 1. The number of nitrogens with one attached hydrogen (secondary N) is 2. The second-order valence-corrected chi connectivity index (χ2v) is 5.99. The molecule has 6 heteroatoms. The van der Waals surface area contributed by atoms with Gasteiger partial charge in [-0.1, -0.05) is 0 Å². The number of hydrogen-bond donors (Lipinski definition) is 3. The van der Waals surface area contributed by atoms with Crippen LogP contribution in [0.3, 0.4) is 0 Å². The third kappa shape index (κ3) is 4.91. The Hall–Kier alpha value is -1.79. The van der Waals surface area contributed by atoms with Crippen LogP contribution in [0.15, 0.2) is 39.9 Å². The summed E-state index contributed by atoms with van der Waals surface area (Å²) in [7, 11) is 0. The van der Waals surface area contributed by atoms with Gasteiger partial charge in [0.2, 0.25) is 0 Å². The van der Waals surface area contributed by atoms with E-state index < -0.39 is 6.10 Å². The smallest absolute Gasteiger partial charge is 0.191 e.